The summed E-state index contributed by atoms with van der Waals surface area (Å²) in [4.78, 5) is 32.2. The van der Waals surface area contributed by atoms with Crippen LogP contribution in [-0.2, 0) is 19.0 Å². The smallest absolute Gasteiger partial charge is 0.410 e. The molecule has 10 heteroatoms. The van der Waals surface area contributed by atoms with E-state index in [0.29, 0.717) is 44.7 Å². The minimum absolute atomic E-state index is 0.0732. The van der Waals surface area contributed by atoms with Crippen LogP contribution in [0.25, 0.3) is 6.08 Å². The van der Waals surface area contributed by atoms with Crippen LogP contribution in [0, 0.1) is 17.7 Å². The molecule has 4 rings (SSSR count). The number of rotatable bonds is 5. The second kappa shape index (κ2) is 15.9. The first-order valence-electron chi connectivity index (χ1n) is 16.0. The van der Waals surface area contributed by atoms with E-state index in [1.807, 2.05) is 45.1 Å². The second-order valence-electron chi connectivity index (χ2n) is 12.8. The van der Waals surface area contributed by atoms with Gasteiger partial charge in [0.1, 0.15) is 18.0 Å². The maximum Gasteiger partial charge on any atom is 0.410 e. The first kappa shape index (κ1) is 33.9. The Labute approximate surface area is 261 Å². The molecule has 44 heavy (non-hydrogen) atoms. The van der Waals surface area contributed by atoms with Crippen LogP contribution in [-0.4, -0.2) is 105 Å². The monoisotopic (exact) mass is 615 g/mol. The predicted molar refractivity (Wildman–Crippen MR) is 169 cm³/mol. The van der Waals surface area contributed by atoms with Gasteiger partial charge in [0.2, 0.25) is 0 Å². The fourth-order valence-corrected chi connectivity index (χ4v) is 6.28. The fraction of sp³-hybridized carbons (Fsp3) is 0.647. The van der Waals surface area contributed by atoms with Crippen molar-refractivity contribution < 1.29 is 33.3 Å². The van der Waals surface area contributed by atoms with Gasteiger partial charge >= 0.3 is 12.1 Å². The van der Waals surface area contributed by atoms with Crippen LogP contribution in [0.2, 0.25) is 0 Å². The van der Waals surface area contributed by atoms with Gasteiger partial charge in [-0.05, 0) is 87.5 Å². The maximum absolute atomic E-state index is 14.7. The molecular formula is C34H50FN3O6. The van der Waals surface area contributed by atoms with E-state index >= 15 is 0 Å². The molecule has 3 heterocycles. The number of carbonyl (C=O) groups is 2. The summed E-state index contributed by atoms with van der Waals surface area (Å²) in [6, 6.07) is 5.01. The van der Waals surface area contributed by atoms with E-state index in [1.165, 1.54) is 12.1 Å². The van der Waals surface area contributed by atoms with E-state index in [2.05, 4.69) is 16.8 Å². The first-order valence-corrected chi connectivity index (χ1v) is 16.0. The summed E-state index contributed by atoms with van der Waals surface area (Å²) in [5, 5.41) is 10.6. The molecule has 2 saturated heterocycles. The summed E-state index contributed by atoms with van der Waals surface area (Å²) in [5.41, 5.74) is 2.19. The Hall–Kier alpha value is -2.95. The van der Waals surface area contributed by atoms with Crippen LogP contribution in [0.15, 0.2) is 35.9 Å². The number of cyclic esters (lactones) is 1. The van der Waals surface area contributed by atoms with Crippen LogP contribution in [0.3, 0.4) is 0 Å². The molecule has 9 nitrogen and oxygen atoms in total. The zero-order valence-corrected chi connectivity index (χ0v) is 26.9. The number of likely N-dealkylation sites (tertiary alicyclic amines) is 1. The Morgan fingerprint density at radius 1 is 1.11 bits per heavy atom. The number of aliphatic hydroxyl groups is 1. The third-order valence-electron chi connectivity index (χ3n) is 9.06. The lowest BCUT2D eigenvalue weighted by Crippen LogP contribution is -2.48. The molecule has 6 atom stereocenters. The molecule has 0 aromatic heterocycles. The predicted octanol–water partition coefficient (Wildman–Crippen LogP) is 4.88. The zero-order valence-electron chi connectivity index (χ0n) is 26.9. The van der Waals surface area contributed by atoms with E-state index in [9.17, 15) is 19.1 Å². The standard InChI is InChI=1S/C34H50FN3O6/c1-23-8-10-30(39)21-32(40)44-33(25(3)17-26-18-27(35)20-29(19-26)38-13-15-42-16-14-38)24(2)9-11-31(23)43-34(41)37(5)28-7-6-12-36(4)22-28/h9,11,17-20,23-24,28,30-31,33,39H,6-8,10,12-16,21-22H2,1-5H3/b11-9+,25-17+/t23-,24-,28?,30+,31+,33-/m0/s1. The van der Waals surface area contributed by atoms with Crippen LogP contribution < -0.4 is 4.90 Å². The normalized spacial score (nSPS) is 30.5. The van der Waals surface area contributed by atoms with E-state index in [0.717, 1.165) is 37.2 Å². The van der Waals surface area contributed by atoms with Crippen LogP contribution >= 0.6 is 0 Å². The lowest BCUT2D eigenvalue weighted by atomic mass is 9.91. The number of nitrogens with zero attached hydrogens (tertiary/aromatic N) is 3. The molecule has 0 radical (unpaired) electrons. The number of carbonyl (C=O) groups excluding carboxylic acids is 2. The van der Waals surface area contributed by atoms with Crippen LogP contribution in [0.4, 0.5) is 14.9 Å². The number of piperidine rings is 1. The van der Waals surface area contributed by atoms with Crippen molar-refractivity contribution in [2.75, 3.05) is 58.4 Å². The molecule has 244 valence electrons. The number of hydrogen-bond donors (Lipinski definition) is 1. The van der Waals surface area contributed by atoms with Crippen molar-refractivity contribution in [1.29, 1.82) is 0 Å². The summed E-state index contributed by atoms with van der Waals surface area (Å²) in [6.07, 6.45) is 6.04. The number of benzene rings is 1. The molecule has 3 aliphatic rings. The topological polar surface area (TPSA) is 91.8 Å². The Morgan fingerprint density at radius 3 is 2.59 bits per heavy atom. The maximum atomic E-state index is 14.7. The number of esters is 1. The third-order valence-corrected chi connectivity index (χ3v) is 9.06. The average molecular weight is 616 g/mol. The molecular weight excluding hydrogens is 565 g/mol. The zero-order chi connectivity index (χ0) is 31.8. The van der Waals surface area contributed by atoms with Gasteiger partial charge in [-0.1, -0.05) is 26.0 Å². The Bertz CT molecular complexity index is 1190. The number of aliphatic hydroxyl groups excluding tert-OH is 1. The van der Waals surface area contributed by atoms with Crippen molar-refractivity contribution >= 4 is 23.8 Å². The summed E-state index contributed by atoms with van der Waals surface area (Å²) in [7, 11) is 3.86. The summed E-state index contributed by atoms with van der Waals surface area (Å²) >= 11 is 0. The van der Waals surface area contributed by atoms with Crippen LogP contribution in [0.5, 0.6) is 0 Å². The molecule has 3 aliphatic heterocycles. The van der Waals surface area contributed by atoms with Crippen molar-refractivity contribution in [2.24, 2.45) is 11.8 Å². The molecule has 1 unspecified atom stereocenters. The number of amides is 1. The van der Waals surface area contributed by atoms with Crippen molar-refractivity contribution in [1.82, 2.24) is 9.80 Å². The number of halogens is 1. The van der Waals surface area contributed by atoms with Gasteiger partial charge in [-0.2, -0.15) is 0 Å². The molecule has 1 N–H and O–H groups in total. The SMILES string of the molecule is C/C(=C\c1cc(F)cc(N2CCOCC2)c1)[C@H]1OC(=O)C[C@H](O)CC[C@H](C)[C@H](OC(=O)N(C)C2CCCN(C)C2)/C=C/[C@@H]1C. The molecule has 0 aliphatic carbocycles. The molecule has 0 bridgehead atoms. The van der Waals surface area contributed by atoms with Gasteiger partial charge in [-0.3, -0.25) is 4.79 Å². The Balaban J connectivity index is 1.55. The Morgan fingerprint density at radius 2 is 1.86 bits per heavy atom. The highest BCUT2D eigenvalue weighted by Crippen LogP contribution is 2.28. The lowest BCUT2D eigenvalue weighted by Gasteiger charge is -2.36. The van der Waals surface area contributed by atoms with Crippen molar-refractivity contribution in [3.05, 3.63) is 47.3 Å². The molecule has 0 saturated carbocycles. The van der Waals surface area contributed by atoms with Gasteiger partial charge in [-0.25, -0.2) is 9.18 Å². The van der Waals surface area contributed by atoms with Crippen molar-refractivity contribution in [2.45, 2.75) is 77.2 Å². The molecule has 0 spiro atoms. The molecule has 2 fully saturated rings. The number of ether oxygens (including phenoxy) is 3. The highest BCUT2D eigenvalue weighted by Gasteiger charge is 2.30. The summed E-state index contributed by atoms with van der Waals surface area (Å²) in [6.45, 7) is 10.2. The highest BCUT2D eigenvalue weighted by atomic mass is 19.1. The van der Waals surface area contributed by atoms with Gasteiger partial charge in [0, 0.05) is 44.3 Å². The van der Waals surface area contributed by atoms with Gasteiger partial charge in [0.25, 0.3) is 0 Å². The number of hydrogen-bond acceptors (Lipinski definition) is 8. The van der Waals surface area contributed by atoms with E-state index < -0.39 is 24.3 Å². The van der Waals surface area contributed by atoms with Gasteiger partial charge < -0.3 is 34.0 Å². The quantitative estimate of drug-likeness (QED) is 0.370. The third kappa shape index (κ3) is 9.52. The number of anilines is 1. The first-order chi connectivity index (χ1) is 21.0. The van der Waals surface area contributed by atoms with Crippen LogP contribution in [0.1, 0.15) is 58.4 Å². The highest BCUT2D eigenvalue weighted by molar-refractivity contribution is 5.71. The van der Waals surface area contributed by atoms with E-state index in [1.54, 1.807) is 11.9 Å². The second-order valence-corrected chi connectivity index (χ2v) is 12.8. The molecule has 1 amide bonds. The fourth-order valence-electron chi connectivity index (χ4n) is 6.28. The van der Waals surface area contributed by atoms with Crippen molar-refractivity contribution in [3.63, 3.8) is 0 Å². The molecule has 1 aromatic carbocycles. The van der Waals surface area contributed by atoms with Gasteiger partial charge in [0.05, 0.1) is 25.7 Å². The van der Waals surface area contributed by atoms with Crippen molar-refractivity contribution in [3.8, 4) is 0 Å². The van der Waals surface area contributed by atoms with Gasteiger partial charge in [0.15, 0.2) is 0 Å². The van der Waals surface area contributed by atoms with E-state index in [-0.39, 0.29) is 36.2 Å². The minimum atomic E-state index is -0.871. The Kier molecular flexibility index (Phi) is 12.2. The summed E-state index contributed by atoms with van der Waals surface area (Å²) in [5.74, 6) is -1.18. The number of likely N-dealkylation sites (N-methyl/N-ethyl adjacent to an activating group) is 2. The lowest BCUT2D eigenvalue weighted by molar-refractivity contribution is -0.151. The number of morpholine rings is 1. The largest absolute Gasteiger partial charge is 0.457 e. The van der Waals surface area contributed by atoms with E-state index in [4.69, 9.17) is 14.2 Å². The minimum Gasteiger partial charge on any atom is -0.457 e. The molecule has 1 aromatic rings. The van der Waals surface area contributed by atoms with Gasteiger partial charge in [-0.15, -0.1) is 0 Å². The average Bonchev–Trinajstić information content (AvgIpc) is 2.99. The summed E-state index contributed by atoms with van der Waals surface area (Å²) < 4.78 is 32.1.